The average molecular weight is 433 g/mol. The summed E-state index contributed by atoms with van der Waals surface area (Å²) in [6.45, 7) is 0.908. The molecule has 32 heavy (non-hydrogen) atoms. The molecule has 2 aromatic carbocycles. The van der Waals surface area contributed by atoms with Gasteiger partial charge in [0, 0.05) is 19.2 Å². The number of carbonyl (C=O) groups excluding carboxylic acids is 2. The maximum atomic E-state index is 13.9. The van der Waals surface area contributed by atoms with E-state index >= 15 is 0 Å². The quantitative estimate of drug-likeness (QED) is 0.636. The van der Waals surface area contributed by atoms with Crippen molar-refractivity contribution < 1.29 is 14.3 Å². The van der Waals surface area contributed by atoms with Crippen LogP contribution in [0.5, 0.6) is 0 Å². The lowest BCUT2D eigenvalue weighted by molar-refractivity contribution is -0.122. The lowest BCUT2D eigenvalue weighted by Crippen LogP contribution is -2.62. The average Bonchev–Trinajstić information content (AvgIpc) is 3.22. The summed E-state index contributed by atoms with van der Waals surface area (Å²) >= 11 is 0. The summed E-state index contributed by atoms with van der Waals surface area (Å²) in [6, 6.07) is 15.2. The van der Waals surface area contributed by atoms with Crippen LogP contribution >= 0.6 is 0 Å². The fourth-order valence-electron chi connectivity index (χ4n) is 5.55. The van der Waals surface area contributed by atoms with Gasteiger partial charge < -0.3 is 14.6 Å². The number of aromatic nitrogens is 2. The van der Waals surface area contributed by atoms with E-state index in [-0.39, 0.29) is 11.8 Å². The third kappa shape index (κ3) is 3.37. The lowest BCUT2D eigenvalue weighted by atomic mass is 9.65. The minimum absolute atomic E-state index is 0.00710. The van der Waals surface area contributed by atoms with Crippen LogP contribution in [0.4, 0.5) is 5.95 Å². The molecule has 166 valence electrons. The van der Waals surface area contributed by atoms with Crippen LogP contribution in [0.15, 0.2) is 48.5 Å². The van der Waals surface area contributed by atoms with Gasteiger partial charge in [0.25, 0.3) is 5.91 Å². The number of imidazole rings is 1. The van der Waals surface area contributed by atoms with Crippen LogP contribution in [0.25, 0.3) is 11.0 Å². The molecule has 2 heterocycles. The van der Waals surface area contributed by atoms with E-state index in [4.69, 9.17) is 4.74 Å². The van der Waals surface area contributed by atoms with Crippen molar-refractivity contribution in [2.24, 2.45) is 0 Å². The molecule has 1 atom stereocenters. The van der Waals surface area contributed by atoms with Crippen molar-refractivity contribution in [3.05, 3.63) is 59.7 Å². The van der Waals surface area contributed by atoms with Gasteiger partial charge in [0.2, 0.25) is 11.9 Å². The Kier molecular flexibility index (Phi) is 5.43. The van der Waals surface area contributed by atoms with Gasteiger partial charge in [-0.1, -0.05) is 49.6 Å². The van der Waals surface area contributed by atoms with Crippen LogP contribution in [0, 0.1) is 0 Å². The van der Waals surface area contributed by atoms with Crippen molar-refractivity contribution in [1.29, 1.82) is 0 Å². The van der Waals surface area contributed by atoms with Gasteiger partial charge in [0.05, 0.1) is 29.1 Å². The van der Waals surface area contributed by atoms with Gasteiger partial charge in [-0.2, -0.15) is 0 Å². The van der Waals surface area contributed by atoms with Crippen molar-refractivity contribution in [3.8, 4) is 0 Å². The SMILES string of the molecule is COCCN1C(=O)c2ccccc2C(C(=O)Nc2nc3ccccc3[nH]2)C12CCCCC2. The summed E-state index contributed by atoms with van der Waals surface area (Å²) in [6.07, 6.45) is 4.71. The van der Waals surface area contributed by atoms with Crippen molar-refractivity contribution in [2.45, 2.75) is 43.6 Å². The number of rotatable bonds is 5. The molecule has 2 amide bonds. The third-order valence-corrected chi connectivity index (χ3v) is 6.95. The Morgan fingerprint density at radius 2 is 1.91 bits per heavy atom. The number of amides is 2. The van der Waals surface area contributed by atoms with Gasteiger partial charge in [-0.25, -0.2) is 4.98 Å². The smallest absolute Gasteiger partial charge is 0.254 e. The molecule has 1 aromatic heterocycles. The number of ether oxygens (including phenoxy) is 1. The molecule has 0 saturated heterocycles. The van der Waals surface area contributed by atoms with Crippen molar-refractivity contribution in [1.82, 2.24) is 14.9 Å². The highest BCUT2D eigenvalue weighted by atomic mass is 16.5. The first-order valence-electron chi connectivity index (χ1n) is 11.3. The predicted molar refractivity (Wildman–Crippen MR) is 123 cm³/mol. The number of hydrogen-bond donors (Lipinski definition) is 2. The van der Waals surface area contributed by atoms with Crippen LogP contribution in [0.2, 0.25) is 0 Å². The predicted octanol–water partition coefficient (Wildman–Crippen LogP) is 4.09. The minimum Gasteiger partial charge on any atom is -0.383 e. The first-order chi connectivity index (χ1) is 15.6. The van der Waals surface area contributed by atoms with E-state index in [9.17, 15) is 9.59 Å². The number of aromatic amines is 1. The molecule has 3 aromatic rings. The highest BCUT2D eigenvalue weighted by molar-refractivity contribution is 6.05. The second-order valence-corrected chi connectivity index (χ2v) is 8.73. The minimum atomic E-state index is -0.557. The molecule has 1 saturated carbocycles. The van der Waals surface area contributed by atoms with Gasteiger partial charge in [-0.3, -0.25) is 14.9 Å². The van der Waals surface area contributed by atoms with E-state index in [2.05, 4.69) is 15.3 Å². The highest BCUT2D eigenvalue weighted by Crippen LogP contribution is 2.49. The maximum absolute atomic E-state index is 13.9. The molecule has 0 bridgehead atoms. The molecule has 2 N–H and O–H groups in total. The number of anilines is 1. The van der Waals surface area contributed by atoms with Gasteiger partial charge in [0.1, 0.15) is 0 Å². The van der Waals surface area contributed by atoms with Gasteiger partial charge in [-0.15, -0.1) is 0 Å². The zero-order valence-corrected chi connectivity index (χ0v) is 18.3. The molecule has 0 radical (unpaired) electrons. The summed E-state index contributed by atoms with van der Waals surface area (Å²) in [7, 11) is 1.64. The number of nitrogens with one attached hydrogen (secondary N) is 2. The Balaban J connectivity index is 1.58. The lowest BCUT2D eigenvalue weighted by Gasteiger charge is -2.53. The second kappa shape index (κ2) is 8.39. The molecular weight excluding hydrogens is 404 g/mol. The standard InChI is InChI=1S/C25H28N4O3/c1-32-16-15-29-23(31)18-10-4-3-9-17(18)21(25(29)13-7-2-8-14-25)22(30)28-24-26-19-11-5-6-12-20(19)27-24/h3-6,9-12,21H,2,7-8,13-16H2,1H3,(H2,26,27,28,30). The third-order valence-electron chi connectivity index (χ3n) is 6.95. The number of hydrogen-bond acceptors (Lipinski definition) is 4. The number of benzene rings is 2. The van der Waals surface area contributed by atoms with Crippen molar-refractivity contribution >= 4 is 28.8 Å². The number of nitrogens with zero attached hydrogens (tertiary/aromatic N) is 2. The van der Waals surface area contributed by atoms with E-state index in [1.165, 1.54) is 0 Å². The molecule has 1 aliphatic carbocycles. The largest absolute Gasteiger partial charge is 0.383 e. The normalized spacial score (nSPS) is 19.8. The first kappa shape index (κ1) is 20.7. The molecule has 7 nitrogen and oxygen atoms in total. The fraction of sp³-hybridized carbons (Fsp3) is 0.400. The molecule has 1 fully saturated rings. The van der Waals surface area contributed by atoms with Crippen molar-refractivity contribution in [2.75, 3.05) is 25.6 Å². The summed E-state index contributed by atoms with van der Waals surface area (Å²) in [5, 5.41) is 3.03. The molecular formula is C25H28N4O3. The second-order valence-electron chi connectivity index (χ2n) is 8.73. The van der Waals surface area contributed by atoms with Crippen LogP contribution in [-0.4, -0.2) is 52.5 Å². The van der Waals surface area contributed by atoms with E-state index < -0.39 is 11.5 Å². The number of H-pyrrole nitrogens is 1. The maximum Gasteiger partial charge on any atom is 0.254 e. The molecule has 5 rings (SSSR count). The Morgan fingerprint density at radius 3 is 2.69 bits per heavy atom. The van der Waals surface area contributed by atoms with E-state index in [0.29, 0.717) is 24.7 Å². The van der Waals surface area contributed by atoms with Gasteiger partial charge in [0.15, 0.2) is 0 Å². The van der Waals surface area contributed by atoms with Gasteiger partial charge in [-0.05, 0) is 36.6 Å². The van der Waals surface area contributed by atoms with Crippen molar-refractivity contribution in [3.63, 3.8) is 0 Å². The van der Waals surface area contributed by atoms with Crippen LogP contribution < -0.4 is 5.32 Å². The summed E-state index contributed by atoms with van der Waals surface area (Å²) in [5.74, 6) is -0.178. The molecule has 2 aliphatic rings. The first-order valence-corrected chi connectivity index (χ1v) is 11.3. The molecule has 1 spiro atoms. The Bertz CT molecular complexity index is 1120. The zero-order chi connectivity index (χ0) is 22.1. The van der Waals surface area contributed by atoms with Crippen LogP contribution in [0.3, 0.4) is 0 Å². The van der Waals surface area contributed by atoms with Crippen LogP contribution in [0.1, 0.15) is 53.9 Å². The van der Waals surface area contributed by atoms with E-state index in [1.807, 2.05) is 53.4 Å². The monoisotopic (exact) mass is 432 g/mol. The van der Waals surface area contributed by atoms with E-state index in [1.54, 1.807) is 7.11 Å². The molecule has 7 heteroatoms. The number of para-hydroxylation sites is 2. The number of methoxy groups -OCH3 is 1. The highest BCUT2D eigenvalue weighted by Gasteiger charge is 2.54. The Morgan fingerprint density at radius 1 is 1.16 bits per heavy atom. The number of carbonyl (C=O) groups is 2. The fourth-order valence-corrected chi connectivity index (χ4v) is 5.55. The van der Waals surface area contributed by atoms with Gasteiger partial charge >= 0.3 is 0 Å². The Hall–Kier alpha value is -3.19. The summed E-state index contributed by atoms with van der Waals surface area (Å²) in [4.78, 5) is 37.1. The van der Waals surface area contributed by atoms with E-state index in [0.717, 1.165) is 48.7 Å². The number of fused-ring (bicyclic) bond motifs is 2. The summed E-state index contributed by atoms with van der Waals surface area (Å²) < 4.78 is 5.33. The zero-order valence-electron chi connectivity index (χ0n) is 18.3. The Labute approximate surface area is 187 Å². The topological polar surface area (TPSA) is 87.3 Å². The molecule has 1 aliphatic heterocycles. The summed E-state index contributed by atoms with van der Waals surface area (Å²) in [5.41, 5.74) is 2.52. The van der Waals surface area contributed by atoms with Crippen LogP contribution in [-0.2, 0) is 9.53 Å². The molecule has 1 unspecified atom stereocenters.